The highest BCUT2D eigenvalue weighted by Crippen LogP contribution is 2.07. The topological polar surface area (TPSA) is 49.3 Å². The number of carboxylic acid groups (broad SMARTS) is 1. The van der Waals surface area contributed by atoms with Gasteiger partial charge in [0, 0.05) is 6.54 Å². The second kappa shape index (κ2) is 6.95. The molecule has 1 amide bonds. The molecule has 0 aliphatic carbocycles. The van der Waals surface area contributed by atoms with Crippen LogP contribution in [0.15, 0.2) is 0 Å². The summed E-state index contributed by atoms with van der Waals surface area (Å²) in [4.78, 5) is 10.0. The second-order valence-electron chi connectivity index (χ2n) is 3.48. The largest absolute Gasteiger partial charge is 0.465 e. The number of amides is 1. The van der Waals surface area contributed by atoms with E-state index in [1.54, 1.807) is 0 Å². The fourth-order valence-corrected chi connectivity index (χ4v) is 1.05. The van der Waals surface area contributed by atoms with E-state index in [4.69, 9.17) is 5.11 Å². The first-order chi connectivity index (χ1) is 5.63. The lowest BCUT2D eigenvalue weighted by Gasteiger charge is -2.03. The molecule has 0 aromatic carbocycles. The maximum atomic E-state index is 10.0. The minimum Gasteiger partial charge on any atom is -0.465 e. The van der Waals surface area contributed by atoms with Gasteiger partial charge in [0.15, 0.2) is 0 Å². The van der Waals surface area contributed by atoms with E-state index in [0.717, 1.165) is 18.8 Å². The summed E-state index contributed by atoms with van der Waals surface area (Å²) in [5, 5.41) is 10.6. The molecule has 12 heavy (non-hydrogen) atoms. The number of rotatable bonds is 6. The zero-order valence-electron chi connectivity index (χ0n) is 7.97. The number of hydrogen-bond donors (Lipinski definition) is 2. The molecule has 0 atom stereocenters. The lowest BCUT2D eigenvalue weighted by atomic mass is 10.1. The molecule has 0 spiro atoms. The highest BCUT2D eigenvalue weighted by molar-refractivity contribution is 5.64. The summed E-state index contributed by atoms with van der Waals surface area (Å²) in [6, 6.07) is 0. The summed E-state index contributed by atoms with van der Waals surface area (Å²) < 4.78 is 0. The molecule has 0 unspecified atom stereocenters. The predicted octanol–water partition coefficient (Wildman–Crippen LogP) is 2.47. The molecule has 0 rings (SSSR count). The Morgan fingerprint density at radius 3 is 2.50 bits per heavy atom. The van der Waals surface area contributed by atoms with Crippen molar-refractivity contribution in [1.82, 2.24) is 5.32 Å². The van der Waals surface area contributed by atoms with Crippen LogP contribution in [-0.2, 0) is 0 Å². The van der Waals surface area contributed by atoms with E-state index in [-0.39, 0.29) is 0 Å². The van der Waals surface area contributed by atoms with E-state index in [9.17, 15) is 4.79 Å². The van der Waals surface area contributed by atoms with E-state index in [2.05, 4.69) is 19.2 Å². The van der Waals surface area contributed by atoms with Crippen molar-refractivity contribution >= 4 is 6.09 Å². The maximum absolute atomic E-state index is 10.0. The Morgan fingerprint density at radius 1 is 1.33 bits per heavy atom. The fraction of sp³-hybridized carbons (Fsp3) is 0.889. The Balaban J connectivity index is 2.96. The van der Waals surface area contributed by atoms with Gasteiger partial charge in [0.1, 0.15) is 0 Å². The Bertz CT molecular complexity index is 124. The molecule has 3 nitrogen and oxygen atoms in total. The van der Waals surface area contributed by atoms with Crippen molar-refractivity contribution in [3.63, 3.8) is 0 Å². The van der Waals surface area contributed by atoms with Gasteiger partial charge in [0.2, 0.25) is 0 Å². The second-order valence-corrected chi connectivity index (χ2v) is 3.48. The van der Waals surface area contributed by atoms with Crippen molar-refractivity contribution in [2.75, 3.05) is 6.54 Å². The molecule has 0 aromatic heterocycles. The zero-order chi connectivity index (χ0) is 9.40. The monoisotopic (exact) mass is 173 g/mol. The molecule has 72 valence electrons. The van der Waals surface area contributed by atoms with Gasteiger partial charge in [-0.05, 0) is 12.3 Å². The van der Waals surface area contributed by atoms with Gasteiger partial charge in [-0.3, -0.25) is 0 Å². The minimum absolute atomic E-state index is 0.591. The smallest absolute Gasteiger partial charge is 0.404 e. The van der Waals surface area contributed by atoms with E-state index < -0.39 is 6.09 Å². The third kappa shape index (κ3) is 9.27. The normalized spacial score (nSPS) is 10.2. The molecule has 2 N–H and O–H groups in total. The average Bonchev–Trinajstić information content (AvgIpc) is 1.95. The predicted molar refractivity (Wildman–Crippen MR) is 49.3 cm³/mol. The molecule has 0 aliphatic rings. The number of nitrogens with one attached hydrogen (secondary N) is 1. The van der Waals surface area contributed by atoms with Gasteiger partial charge in [-0.2, -0.15) is 0 Å². The van der Waals surface area contributed by atoms with Crippen LogP contribution >= 0.6 is 0 Å². The first kappa shape index (κ1) is 11.3. The van der Waals surface area contributed by atoms with Crippen LogP contribution in [-0.4, -0.2) is 17.7 Å². The van der Waals surface area contributed by atoms with Crippen molar-refractivity contribution in [2.24, 2.45) is 5.92 Å². The Labute approximate surface area is 74.2 Å². The van der Waals surface area contributed by atoms with Crippen LogP contribution in [0.1, 0.15) is 39.5 Å². The molecule has 0 saturated heterocycles. The van der Waals surface area contributed by atoms with Gasteiger partial charge in [0.05, 0.1) is 0 Å². The van der Waals surface area contributed by atoms with Crippen LogP contribution in [0.25, 0.3) is 0 Å². The van der Waals surface area contributed by atoms with Crippen molar-refractivity contribution < 1.29 is 9.90 Å². The van der Waals surface area contributed by atoms with Gasteiger partial charge in [-0.1, -0.05) is 33.1 Å². The molecular formula is C9H19NO2. The maximum Gasteiger partial charge on any atom is 0.404 e. The van der Waals surface area contributed by atoms with Gasteiger partial charge in [-0.15, -0.1) is 0 Å². The van der Waals surface area contributed by atoms with Crippen molar-refractivity contribution in [2.45, 2.75) is 39.5 Å². The summed E-state index contributed by atoms with van der Waals surface area (Å²) in [5.41, 5.74) is 0. The lowest BCUT2D eigenvalue weighted by Crippen LogP contribution is -2.21. The molecule has 3 heteroatoms. The Hall–Kier alpha value is -0.730. The Morgan fingerprint density at radius 2 is 2.00 bits per heavy atom. The van der Waals surface area contributed by atoms with Crippen LogP contribution < -0.4 is 5.32 Å². The van der Waals surface area contributed by atoms with Crippen LogP contribution in [0.2, 0.25) is 0 Å². The molecule has 0 aliphatic heterocycles. The quantitative estimate of drug-likeness (QED) is 0.606. The van der Waals surface area contributed by atoms with E-state index in [1.807, 2.05) is 0 Å². The van der Waals surface area contributed by atoms with Gasteiger partial charge >= 0.3 is 6.09 Å². The molecule has 0 aromatic rings. The van der Waals surface area contributed by atoms with E-state index in [0.29, 0.717) is 6.54 Å². The van der Waals surface area contributed by atoms with Gasteiger partial charge in [-0.25, -0.2) is 4.79 Å². The van der Waals surface area contributed by atoms with Crippen LogP contribution in [0, 0.1) is 5.92 Å². The van der Waals surface area contributed by atoms with Crippen molar-refractivity contribution in [1.29, 1.82) is 0 Å². The van der Waals surface area contributed by atoms with Crippen LogP contribution in [0.4, 0.5) is 4.79 Å². The first-order valence-electron chi connectivity index (χ1n) is 4.59. The number of unbranched alkanes of at least 4 members (excludes halogenated alkanes) is 2. The molecule has 0 bridgehead atoms. The summed E-state index contributed by atoms with van der Waals surface area (Å²) >= 11 is 0. The SMILES string of the molecule is CC(C)CCCCCNC(=O)O. The fourth-order valence-electron chi connectivity index (χ4n) is 1.05. The first-order valence-corrected chi connectivity index (χ1v) is 4.59. The molecular weight excluding hydrogens is 154 g/mol. The highest BCUT2D eigenvalue weighted by atomic mass is 16.4. The zero-order valence-corrected chi connectivity index (χ0v) is 7.97. The third-order valence-electron chi connectivity index (χ3n) is 1.73. The highest BCUT2D eigenvalue weighted by Gasteiger charge is 1.95. The molecule has 0 saturated carbocycles. The van der Waals surface area contributed by atoms with Gasteiger partial charge < -0.3 is 10.4 Å². The number of hydrogen-bond acceptors (Lipinski definition) is 1. The van der Waals surface area contributed by atoms with Gasteiger partial charge in [0.25, 0.3) is 0 Å². The van der Waals surface area contributed by atoms with Crippen molar-refractivity contribution in [3.05, 3.63) is 0 Å². The summed E-state index contributed by atoms with van der Waals surface area (Å²) in [5.74, 6) is 0.762. The van der Waals surface area contributed by atoms with Crippen LogP contribution in [0.5, 0.6) is 0 Å². The molecule has 0 heterocycles. The number of carbonyl (C=O) groups is 1. The molecule has 0 fully saturated rings. The molecule has 0 radical (unpaired) electrons. The summed E-state index contributed by atoms with van der Waals surface area (Å²) in [7, 11) is 0. The van der Waals surface area contributed by atoms with E-state index in [1.165, 1.54) is 12.8 Å². The third-order valence-corrected chi connectivity index (χ3v) is 1.73. The minimum atomic E-state index is -0.918. The Kier molecular flexibility index (Phi) is 6.53. The lowest BCUT2D eigenvalue weighted by molar-refractivity contribution is 0.194. The summed E-state index contributed by atoms with van der Waals surface area (Å²) in [6.45, 7) is 5.00. The van der Waals surface area contributed by atoms with Crippen LogP contribution in [0.3, 0.4) is 0 Å². The van der Waals surface area contributed by atoms with Crippen molar-refractivity contribution in [3.8, 4) is 0 Å². The van der Waals surface area contributed by atoms with E-state index >= 15 is 0 Å². The summed E-state index contributed by atoms with van der Waals surface area (Å²) in [6.07, 6.45) is 3.61. The standard InChI is InChI=1S/C9H19NO2/c1-8(2)6-4-3-5-7-10-9(11)12/h8,10H,3-7H2,1-2H3,(H,11,12). The average molecular weight is 173 g/mol.